The molecule has 0 N–H and O–H groups in total. The maximum atomic E-state index is 12.6. The second-order valence-electron chi connectivity index (χ2n) is 19.6. The van der Waals surface area contributed by atoms with Crippen LogP contribution in [0.15, 0.2) is 170 Å². The summed E-state index contributed by atoms with van der Waals surface area (Å²) in [5, 5.41) is 101. The molecule has 370 valence electrons. The van der Waals surface area contributed by atoms with Crippen molar-refractivity contribution in [2.75, 3.05) is 0 Å². The zero-order chi connectivity index (χ0) is 56.1. The molecule has 5 aromatic heterocycles. The van der Waals surface area contributed by atoms with Gasteiger partial charge in [-0.2, -0.15) is 47.4 Å². The molecule has 82 heavy (non-hydrogen) atoms. The Bertz CT molecular complexity index is 5420. The van der Waals surface area contributed by atoms with Gasteiger partial charge >= 0.3 is 0 Å². The molecule has 14 nitrogen and oxygen atoms in total. The number of hydrogen-bond acceptors (Lipinski definition) is 10. The first-order chi connectivity index (χ1) is 40.3. The first-order valence-electron chi connectivity index (χ1n) is 25.4. The summed E-state index contributed by atoms with van der Waals surface area (Å²) in [5.41, 5.74) is 9.88. The molecule has 0 amide bonds. The second kappa shape index (κ2) is 17.9. The maximum Gasteiger partial charge on any atom is 0.102 e. The molecule has 0 unspecified atom stereocenters. The molecule has 0 bridgehead atoms. The topological polar surface area (TPSA) is 247 Å². The third-order valence-corrected chi connectivity index (χ3v) is 15.4. The molecule has 0 aliphatic carbocycles. The fraction of sp³-hybridized carbons (Fsp3) is 0. The minimum atomic E-state index is 0.119. The van der Waals surface area contributed by atoms with Crippen molar-refractivity contribution in [3.63, 3.8) is 0 Å². The molecule has 5 heterocycles. The Morgan fingerprint density at radius 3 is 0.732 bits per heavy atom. The third kappa shape index (κ3) is 6.62. The number of hydrogen-bond donors (Lipinski definition) is 0. The summed E-state index contributed by atoms with van der Waals surface area (Å²) in [6.07, 6.45) is 1.64. The molecule has 0 saturated carbocycles. The number of nitriles is 9. The van der Waals surface area contributed by atoms with Crippen molar-refractivity contribution >= 4 is 87.2 Å². The Morgan fingerprint density at radius 1 is 0.256 bits per heavy atom. The molecule has 9 aromatic carbocycles. The monoisotopic (exact) mass is 1040 g/mol. The van der Waals surface area contributed by atoms with E-state index in [9.17, 15) is 47.4 Å². The third-order valence-electron chi connectivity index (χ3n) is 15.4. The highest BCUT2D eigenvalue weighted by molar-refractivity contribution is 6.18. The molecule has 14 heteroatoms. The summed E-state index contributed by atoms with van der Waals surface area (Å²) in [4.78, 5) is 5.08. The summed E-state index contributed by atoms with van der Waals surface area (Å²) >= 11 is 0. The Balaban J connectivity index is 1.38. The molecule has 0 saturated heterocycles. The molecule has 0 atom stereocenters. The lowest BCUT2D eigenvalue weighted by molar-refractivity contribution is 1.02. The number of rotatable bonds is 5. The van der Waals surface area contributed by atoms with Crippen LogP contribution in [0.2, 0.25) is 0 Å². The van der Waals surface area contributed by atoms with Crippen LogP contribution in [0.25, 0.3) is 121 Å². The highest BCUT2D eigenvalue weighted by atomic mass is 15.1. The minimum absolute atomic E-state index is 0.119. The highest BCUT2D eigenvalue weighted by Crippen LogP contribution is 2.52. The predicted molar refractivity (Wildman–Crippen MR) is 309 cm³/mol. The number of nitrogens with zero attached hydrogens (tertiary/aromatic N) is 14. The van der Waals surface area contributed by atoms with Gasteiger partial charge in [0.15, 0.2) is 0 Å². The van der Waals surface area contributed by atoms with Gasteiger partial charge in [-0.05, 0) is 158 Å². The predicted octanol–water partition coefficient (Wildman–Crippen LogP) is 14.0. The summed E-state index contributed by atoms with van der Waals surface area (Å²) in [5.74, 6) is 0. The van der Waals surface area contributed by atoms with Gasteiger partial charge in [-0.25, -0.2) is 0 Å². The number of fused-ring (bicyclic) bond motifs is 12. The lowest BCUT2D eigenvalue weighted by Crippen LogP contribution is -2.17. The van der Waals surface area contributed by atoms with Crippen molar-refractivity contribution in [1.82, 2.24) is 23.3 Å². The zero-order valence-electron chi connectivity index (χ0n) is 42.4. The lowest BCUT2D eigenvalue weighted by Gasteiger charge is -2.29. The van der Waals surface area contributed by atoms with Crippen molar-refractivity contribution < 1.29 is 0 Å². The minimum Gasteiger partial charge on any atom is -0.306 e. The van der Waals surface area contributed by atoms with E-state index in [1.807, 2.05) is 74.4 Å². The molecule has 0 fully saturated rings. The lowest BCUT2D eigenvalue weighted by atomic mass is 9.95. The Kier molecular flexibility index (Phi) is 10.3. The average molecular weight is 1040 g/mol. The summed E-state index contributed by atoms with van der Waals surface area (Å²) in [7, 11) is 0. The zero-order valence-corrected chi connectivity index (χ0v) is 42.4. The number of benzene rings is 9. The largest absolute Gasteiger partial charge is 0.306 e. The van der Waals surface area contributed by atoms with Crippen LogP contribution in [0.5, 0.6) is 0 Å². The van der Waals surface area contributed by atoms with Crippen LogP contribution >= 0.6 is 0 Å². The molecule has 0 aliphatic heterocycles. The quantitative estimate of drug-likeness (QED) is 0.158. The molecule has 14 rings (SSSR count). The van der Waals surface area contributed by atoms with Crippen molar-refractivity contribution in [1.29, 1.82) is 47.4 Å². The van der Waals surface area contributed by atoms with Crippen LogP contribution in [0.1, 0.15) is 50.1 Å². The van der Waals surface area contributed by atoms with Crippen LogP contribution in [0, 0.1) is 102 Å². The van der Waals surface area contributed by atoms with Crippen LogP contribution in [0.4, 0.5) is 0 Å². The Morgan fingerprint density at radius 2 is 0.500 bits per heavy atom. The Labute approximate surface area is 464 Å². The van der Waals surface area contributed by atoms with Gasteiger partial charge in [0.2, 0.25) is 0 Å². The first kappa shape index (κ1) is 47.2. The number of aromatic nitrogens is 5. The van der Waals surface area contributed by atoms with Gasteiger partial charge < -0.3 is 18.3 Å². The Hall–Kier alpha value is -13.3. The summed E-state index contributed by atoms with van der Waals surface area (Å²) in [6, 6.07) is 69.2. The van der Waals surface area contributed by atoms with E-state index in [0.29, 0.717) is 166 Å². The standard InChI is InChI=1S/C68H28N14/c69-29-38-4-12-56-46(21-38)47-22-39(30-70)5-13-57(47)79(56)65-54(37-77)64(55-3-1-2-20-78-55)66(80-58-14-6-40(31-71)23-48(58)49-24-41(32-72)7-15-59(49)80)68(82-62-18-10-44(35-75)27-52(62)53-28-45(36-76)11-19-63(53)82)67(65)81-60-16-8-42(33-73)25-50(60)51-26-43(34-74)9-17-61(51)81/h1-28H. The smallest absolute Gasteiger partial charge is 0.102 e. The first-order valence-corrected chi connectivity index (χ1v) is 25.4. The van der Waals surface area contributed by atoms with Crippen LogP contribution in [-0.4, -0.2) is 23.3 Å². The average Bonchev–Trinajstić information content (AvgIpc) is 3.34. The van der Waals surface area contributed by atoms with E-state index in [1.165, 1.54) is 0 Å². The summed E-state index contributed by atoms with van der Waals surface area (Å²) in [6.45, 7) is 0. The molecule has 0 aliphatic rings. The van der Waals surface area contributed by atoms with E-state index in [-0.39, 0.29) is 5.56 Å². The van der Waals surface area contributed by atoms with E-state index in [4.69, 9.17) is 4.98 Å². The van der Waals surface area contributed by atoms with E-state index < -0.39 is 0 Å². The van der Waals surface area contributed by atoms with Gasteiger partial charge in [0.25, 0.3) is 0 Å². The van der Waals surface area contributed by atoms with Gasteiger partial charge in [0, 0.05) is 54.9 Å². The molecule has 0 radical (unpaired) electrons. The van der Waals surface area contributed by atoms with Gasteiger partial charge in [0.1, 0.15) is 6.07 Å². The highest BCUT2D eigenvalue weighted by Gasteiger charge is 2.36. The van der Waals surface area contributed by atoms with Crippen molar-refractivity contribution in [2.45, 2.75) is 0 Å². The van der Waals surface area contributed by atoms with E-state index in [1.54, 1.807) is 109 Å². The van der Waals surface area contributed by atoms with E-state index in [0.717, 1.165) is 0 Å². The van der Waals surface area contributed by atoms with Gasteiger partial charge in [-0.15, -0.1) is 0 Å². The van der Waals surface area contributed by atoms with Gasteiger partial charge in [-0.3, -0.25) is 4.98 Å². The van der Waals surface area contributed by atoms with Crippen molar-refractivity contribution in [2.24, 2.45) is 0 Å². The van der Waals surface area contributed by atoms with Crippen molar-refractivity contribution in [3.8, 4) is 88.6 Å². The van der Waals surface area contributed by atoms with Crippen molar-refractivity contribution in [3.05, 3.63) is 220 Å². The number of pyridine rings is 1. The SMILES string of the molecule is N#Cc1ccc2c(c1)c1cc(C#N)ccc1n2-c1c(C#N)c(-c2ccccn2)c(-n2c3ccc(C#N)cc3c3cc(C#N)ccc32)c(-n2c3ccc(C#N)cc3c3cc(C#N)ccc32)c1-n1c2ccc(C#N)cc2c2cc(C#N)ccc21. The molecule has 0 spiro atoms. The summed E-state index contributed by atoms with van der Waals surface area (Å²) < 4.78 is 8.12. The maximum absolute atomic E-state index is 12.6. The molecular weight excluding hydrogens is 1010 g/mol. The second-order valence-corrected chi connectivity index (χ2v) is 19.6. The van der Waals surface area contributed by atoms with E-state index in [2.05, 4.69) is 59.2 Å². The normalized spacial score (nSPS) is 11.1. The van der Waals surface area contributed by atoms with Crippen LogP contribution < -0.4 is 0 Å². The van der Waals surface area contributed by atoms with Gasteiger partial charge in [0.05, 0.1) is 171 Å². The molecule has 14 aromatic rings. The van der Waals surface area contributed by atoms with Gasteiger partial charge in [-0.1, -0.05) is 6.07 Å². The van der Waals surface area contributed by atoms with E-state index >= 15 is 0 Å². The fourth-order valence-electron chi connectivity index (χ4n) is 12.0. The van der Waals surface area contributed by atoms with Crippen LogP contribution in [0.3, 0.4) is 0 Å². The molecular formula is C68H28N14. The fourth-order valence-corrected chi connectivity index (χ4v) is 12.0. The van der Waals surface area contributed by atoms with Crippen LogP contribution in [-0.2, 0) is 0 Å².